The molecule has 2 aliphatic rings. The fraction of sp³-hybridized carbons (Fsp3) is 0.933. The molecule has 0 atom stereocenters. The van der Waals surface area contributed by atoms with Crippen LogP contribution in [0.4, 0.5) is 0 Å². The van der Waals surface area contributed by atoms with Crippen LogP contribution in [0, 0.1) is 5.92 Å². The van der Waals surface area contributed by atoms with E-state index in [4.69, 9.17) is 0 Å². The lowest BCUT2D eigenvalue weighted by Gasteiger charge is -2.33. The molecule has 2 fully saturated rings. The van der Waals surface area contributed by atoms with Crippen molar-refractivity contribution in [3.63, 3.8) is 0 Å². The lowest BCUT2D eigenvalue weighted by Crippen LogP contribution is -2.48. The van der Waals surface area contributed by atoms with Crippen molar-refractivity contribution in [1.82, 2.24) is 14.5 Å². The highest BCUT2D eigenvalue weighted by molar-refractivity contribution is 7.89. The van der Waals surface area contributed by atoms with E-state index in [9.17, 15) is 13.2 Å². The van der Waals surface area contributed by atoms with E-state index in [0.717, 1.165) is 25.3 Å². The molecule has 0 radical (unpaired) electrons. The molecule has 1 aliphatic carbocycles. The van der Waals surface area contributed by atoms with E-state index >= 15 is 0 Å². The van der Waals surface area contributed by atoms with Gasteiger partial charge in [0, 0.05) is 32.2 Å². The summed E-state index contributed by atoms with van der Waals surface area (Å²) in [6.07, 6.45) is 4.52. The van der Waals surface area contributed by atoms with Crippen molar-refractivity contribution in [2.45, 2.75) is 45.6 Å². The molecule has 0 bridgehead atoms. The molecule has 0 spiro atoms. The SMILES string of the molecule is CCN(CC)S(=O)(=O)CC(=O)N1CCC(NCC2CC2)CC1. The first-order chi connectivity index (χ1) is 10.5. The van der Waals surface area contributed by atoms with E-state index in [2.05, 4.69) is 5.32 Å². The minimum atomic E-state index is -3.47. The zero-order valence-corrected chi connectivity index (χ0v) is 14.6. The number of piperidine rings is 1. The fourth-order valence-corrected chi connectivity index (χ4v) is 4.41. The van der Waals surface area contributed by atoms with Crippen LogP contribution >= 0.6 is 0 Å². The molecule has 0 aromatic heterocycles. The van der Waals surface area contributed by atoms with Crippen LogP contribution in [0.3, 0.4) is 0 Å². The Hall–Kier alpha value is -0.660. The van der Waals surface area contributed by atoms with Crippen LogP contribution < -0.4 is 5.32 Å². The molecule has 1 amide bonds. The summed E-state index contributed by atoms with van der Waals surface area (Å²) in [7, 11) is -3.47. The molecule has 0 aromatic carbocycles. The lowest BCUT2D eigenvalue weighted by atomic mass is 10.0. The summed E-state index contributed by atoms with van der Waals surface area (Å²) in [5.41, 5.74) is 0. The molecule has 2 rings (SSSR count). The smallest absolute Gasteiger partial charge is 0.239 e. The van der Waals surface area contributed by atoms with Gasteiger partial charge in [-0.25, -0.2) is 12.7 Å². The molecule has 22 heavy (non-hydrogen) atoms. The normalized spacial score (nSPS) is 20.6. The first-order valence-electron chi connectivity index (χ1n) is 8.45. The predicted octanol–water partition coefficient (Wildman–Crippen LogP) is 0.649. The summed E-state index contributed by atoms with van der Waals surface area (Å²) in [6, 6.07) is 0.476. The van der Waals surface area contributed by atoms with Crippen molar-refractivity contribution in [3.05, 3.63) is 0 Å². The topological polar surface area (TPSA) is 69.7 Å². The highest BCUT2D eigenvalue weighted by atomic mass is 32.2. The summed E-state index contributed by atoms with van der Waals surface area (Å²) >= 11 is 0. The Kier molecular flexibility index (Phi) is 6.23. The predicted molar refractivity (Wildman–Crippen MR) is 87.0 cm³/mol. The summed E-state index contributed by atoms with van der Waals surface area (Å²) in [6.45, 7) is 6.84. The van der Waals surface area contributed by atoms with Crippen LogP contribution in [0.15, 0.2) is 0 Å². The molecule has 1 saturated heterocycles. The summed E-state index contributed by atoms with van der Waals surface area (Å²) in [5.74, 6) is 0.209. The van der Waals surface area contributed by atoms with Gasteiger partial charge in [-0.3, -0.25) is 4.79 Å². The van der Waals surface area contributed by atoms with Gasteiger partial charge in [-0.05, 0) is 38.1 Å². The van der Waals surface area contributed by atoms with E-state index in [0.29, 0.717) is 32.2 Å². The van der Waals surface area contributed by atoms with Crippen molar-refractivity contribution in [2.75, 3.05) is 38.5 Å². The number of hydrogen-bond donors (Lipinski definition) is 1. The molecule has 7 heteroatoms. The quantitative estimate of drug-likeness (QED) is 0.709. The van der Waals surface area contributed by atoms with E-state index in [1.807, 2.05) is 0 Å². The Morgan fingerprint density at radius 3 is 2.23 bits per heavy atom. The van der Waals surface area contributed by atoms with Crippen LogP contribution in [0.5, 0.6) is 0 Å². The maximum Gasteiger partial charge on any atom is 0.239 e. The number of nitrogens with one attached hydrogen (secondary N) is 1. The minimum Gasteiger partial charge on any atom is -0.342 e. The summed E-state index contributed by atoms with van der Waals surface area (Å²) in [5, 5.41) is 3.56. The third-order valence-electron chi connectivity index (χ3n) is 4.64. The highest BCUT2D eigenvalue weighted by Crippen LogP contribution is 2.28. The average Bonchev–Trinajstić information content (AvgIpc) is 3.30. The van der Waals surface area contributed by atoms with Crippen LogP contribution in [-0.2, 0) is 14.8 Å². The van der Waals surface area contributed by atoms with E-state index in [-0.39, 0.29) is 5.91 Å². The second kappa shape index (κ2) is 7.75. The third-order valence-corrected chi connectivity index (χ3v) is 6.56. The largest absolute Gasteiger partial charge is 0.342 e. The van der Waals surface area contributed by atoms with Gasteiger partial charge in [0.25, 0.3) is 0 Å². The number of carbonyl (C=O) groups is 1. The molecule has 1 saturated carbocycles. The first-order valence-corrected chi connectivity index (χ1v) is 10.1. The van der Waals surface area contributed by atoms with E-state index < -0.39 is 15.8 Å². The molecular formula is C15H29N3O3S. The fourth-order valence-electron chi connectivity index (χ4n) is 2.94. The second-order valence-corrected chi connectivity index (χ2v) is 8.32. The van der Waals surface area contributed by atoms with Gasteiger partial charge in [0.2, 0.25) is 15.9 Å². The average molecular weight is 331 g/mol. The number of nitrogens with zero attached hydrogens (tertiary/aromatic N) is 2. The molecule has 6 nitrogen and oxygen atoms in total. The van der Waals surface area contributed by atoms with Gasteiger partial charge in [0.05, 0.1) is 0 Å². The first kappa shape index (κ1) is 17.7. The van der Waals surface area contributed by atoms with Gasteiger partial charge in [-0.15, -0.1) is 0 Å². The standard InChI is InChI=1S/C15H29N3O3S/c1-3-18(4-2)22(20,21)12-15(19)17-9-7-14(8-10-17)16-11-13-5-6-13/h13-14,16H,3-12H2,1-2H3. The zero-order chi connectivity index (χ0) is 16.2. The van der Waals surface area contributed by atoms with Crippen molar-refractivity contribution >= 4 is 15.9 Å². The number of likely N-dealkylation sites (tertiary alicyclic amines) is 1. The van der Waals surface area contributed by atoms with Crippen molar-refractivity contribution in [3.8, 4) is 0 Å². The molecule has 0 unspecified atom stereocenters. The second-order valence-electron chi connectivity index (χ2n) is 6.35. The molecule has 0 aromatic rings. The number of carbonyl (C=O) groups excluding carboxylic acids is 1. The molecule has 1 heterocycles. The molecule has 1 N–H and O–H groups in total. The monoisotopic (exact) mass is 331 g/mol. The number of amides is 1. The number of rotatable bonds is 8. The third kappa shape index (κ3) is 4.93. The van der Waals surface area contributed by atoms with Gasteiger partial charge in [0.1, 0.15) is 5.75 Å². The Morgan fingerprint density at radius 1 is 1.14 bits per heavy atom. The lowest BCUT2D eigenvalue weighted by molar-refractivity contribution is -0.129. The minimum absolute atomic E-state index is 0.257. The van der Waals surface area contributed by atoms with Gasteiger partial charge in [0.15, 0.2) is 0 Å². The Bertz CT molecular complexity index is 464. The Balaban J connectivity index is 1.76. The van der Waals surface area contributed by atoms with Crippen molar-refractivity contribution in [1.29, 1.82) is 0 Å². The molecule has 1 aliphatic heterocycles. The summed E-state index contributed by atoms with van der Waals surface area (Å²) in [4.78, 5) is 13.9. The number of sulfonamides is 1. The van der Waals surface area contributed by atoms with Crippen LogP contribution in [0.25, 0.3) is 0 Å². The molecule has 128 valence electrons. The van der Waals surface area contributed by atoms with Crippen LogP contribution in [0.1, 0.15) is 39.5 Å². The van der Waals surface area contributed by atoms with Gasteiger partial charge < -0.3 is 10.2 Å². The maximum atomic E-state index is 12.2. The highest BCUT2D eigenvalue weighted by Gasteiger charge is 2.29. The van der Waals surface area contributed by atoms with Gasteiger partial charge >= 0.3 is 0 Å². The van der Waals surface area contributed by atoms with Crippen molar-refractivity contribution < 1.29 is 13.2 Å². The maximum absolute atomic E-state index is 12.2. The Morgan fingerprint density at radius 2 is 1.73 bits per heavy atom. The summed E-state index contributed by atoms with van der Waals surface area (Å²) < 4.78 is 25.7. The van der Waals surface area contributed by atoms with E-state index in [1.54, 1.807) is 18.7 Å². The number of hydrogen-bond acceptors (Lipinski definition) is 4. The van der Waals surface area contributed by atoms with Crippen LogP contribution in [-0.4, -0.2) is 68.0 Å². The van der Waals surface area contributed by atoms with E-state index in [1.165, 1.54) is 17.1 Å². The van der Waals surface area contributed by atoms with Gasteiger partial charge in [-0.2, -0.15) is 0 Å². The van der Waals surface area contributed by atoms with Gasteiger partial charge in [-0.1, -0.05) is 13.8 Å². The van der Waals surface area contributed by atoms with Crippen molar-refractivity contribution in [2.24, 2.45) is 5.92 Å². The van der Waals surface area contributed by atoms with Crippen LogP contribution in [0.2, 0.25) is 0 Å². The Labute approximate surface area is 134 Å². The zero-order valence-electron chi connectivity index (χ0n) is 13.8. The molecular weight excluding hydrogens is 302 g/mol.